The van der Waals surface area contributed by atoms with Gasteiger partial charge in [-0.05, 0) is 72.8 Å². The van der Waals surface area contributed by atoms with Gasteiger partial charge in [-0.3, -0.25) is 20.6 Å². The van der Waals surface area contributed by atoms with Crippen LogP contribution >= 0.6 is 0 Å². The van der Waals surface area contributed by atoms with Crippen LogP contribution in [0, 0.1) is 0 Å². The van der Waals surface area contributed by atoms with Crippen LogP contribution in [0.3, 0.4) is 0 Å². The number of phenols is 2. The van der Waals surface area contributed by atoms with Crippen molar-refractivity contribution in [2.75, 3.05) is 10.6 Å². The standard InChI is InChI=1S/C34H26N4O6/c39-31-17-15-25(37-33(41)43-27-9-3-1-4-10-27)19-23(31)21-35-29-13-7-8-14-30(29)36-22-24-20-26(16-18-32(24)40)38-34(42)44-28-11-5-2-6-12-28/h1-22,39-40H,(H,37,41)(H,38,42). The van der Waals surface area contributed by atoms with E-state index in [9.17, 15) is 19.8 Å². The summed E-state index contributed by atoms with van der Waals surface area (Å²) in [6.45, 7) is 0. The lowest BCUT2D eigenvalue weighted by Crippen LogP contribution is -2.16. The first-order chi connectivity index (χ1) is 21.4. The van der Waals surface area contributed by atoms with Crippen LogP contribution in [0.15, 0.2) is 131 Å². The van der Waals surface area contributed by atoms with Crippen molar-refractivity contribution >= 4 is 47.4 Å². The van der Waals surface area contributed by atoms with E-state index in [0.29, 0.717) is 45.4 Å². The van der Waals surface area contributed by atoms with E-state index in [1.54, 1.807) is 84.9 Å². The zero-order valence-electron chi connectivity index (χ0n) is 23.1. The largest absolute Gasteiger partial charge is 0.507 e. The highest BCUT2D eigenvalue weighted by Gasteiger charge is 2.09. The van der Waals surface area contributed by atoms with Gasteiger partial charge < -0.3 is 19.7 Å². The SMILES string of the molecule is O=C(Nc1ccc(O)c(C=Nc2ccccc2N=Cc2cc(NC(=O)Oc3ccccc3)ccc2O)c1)Oc1ccccc1. The summed E-state index contributed by atoms with van der Waals surface area (Å²) in [5.74, 6) is 0.697. The Labute approximate surface area is 252 Å². The first kappa shape index (κ1) is 29.1. The molecule has 0 spiro atoms. The van der Waals surface area contributed by atoms with Crippen LogP contribution < -0.4 is 20.1 Å². The predicted octanol–water partition coefficient (Wildman–Crippen LogP) is 7.82. The summed E-state index contributed by atoms with van der Waals surface area (Å²) in [6, 6.07) is 33.3. The van der Waals surface area contributed by atoms with E-state index in [0.717, 1.165) is 0 Å². The van der Waals surface area contributed by atoms with E-state index in [-0.39, 0.29) is 11.5 Å². The van der Waals surface area contributed by atoms with E-state index in [1.807, 2.05) is 12.1 Å². The van der Waals surface area contributed by atoms with Gasteiger partial charge in [0.1, 0.15) is 23.0 Å². The molecule has 4 N–H and O–H groups in total. The Morgan fingerprint density at radius 3 is 1.34 bits per heavy atom. The fourth-order valence-electron chi connectivity index (χ4n) is 3.91. The van der Waals surface area contributed by atoms with Crippen LogP contribution in [0.1, 0.15) is 11.1 Å². The maximum absolute atomic E-state index is 12.3. The molecule has 5 aromatic rings. The van der Waals surface area contributed by atoms with Crippen molar-refractivity contribution in [3.05, 3.63) is 132 Å². The normalized spacial score (nSPS) is 10.9. The van der Waals surface area contributed by atoms with Gasteiger partial charge >= 0.3 is 12.2 Å². The summed E-state index contributed by atoms with van der Waals surface area (Å²) in [5.41, 5.74) is 2.44. The quantitative estimate of drug-likeness (QED) is 0.108. The Balaban J connectivity index is 1.28. The fraction of sp³-hybridized carbons (Fsp3) is 0. The van der Waals surface area contributed by atoms with E-state index in [2.05, 4.69) is 20.6 Å². The molecule has 0 aliphatic carbocycles. The molecule has 5 rings (SSSR count). The van der Waals surface area contributed by atoms with Crippen molar-refractivity contribution in [3.63, 3.8) is 0 Å². The Morgan fingerprint density at radius 2 is 0.932 bits per heavy atom. The third-order valence-corrected chi connectivity index (χ3v) is 6.02. The van der Waals surface area contributed by atoms with Crippen LogP contribution in [-0.2, 0) is 0 Å². The Kier molecular flexibility index (Phi) is 9.23. The number of rotatable bonds is 8. The van der Waals surface area contributed by atoms with Crippen molar-refractivity contribution in [1.29, 1.82) is 0 Å². The number of carbonyl (C=O) groups excluding carboxylic acids is 2. The van der Waals surface area contributed by atoms with Crippen LogP contribution in [0.5, 0.6) is 23.0 Å². The molecule has 44 heavy (non-hydrogen) atoms. The molecular weight excluding hydrogens is 560 g/mol. The lowest BCUT2D eigenvalue weighted by molar-refractivity contribution is 0.214. The van der Waals surface area contributed by atoms with Gasteiger partial charge in [-0.25, -0.2) is 9.59 Å². The first-order valence-electron chi connectivity index (χ1n) is 13.3. The van der Waals surface area contributed by atoms with E-state index in [1.165, 1.54) is 36.7 Å². The summed E-state index contributed by atoms with van der Waals surface area (Å²) >= 11 is 0. The van der Waals surface area contributed by atoms with Gasteiger partial charge in [-0.15, -0.1) is 0 Å². The molecule has 0 aromatic heterocycles. The van der Waals surface area contributed by atoms with Crippen LogP contribution in [0.4, 0.5) is 32.3 Å². The van der Waals surface area contributed by atoms with Crippen molar-refractivity contribution in [1.82, 2.24) is 0 Å². The Morgan fingerprint density at radius 1 is 0.545 bits per heavy atom. The van der Waals surface area contributed by atoms with E-state index < -0.39 is 12.2 Å². The number of amides is 2. The molecule has 5 aromatic carbocycles. The smallest absolute Gasteiger partial charge is 0.417 e. The predicted molar refractivity (Wildman–Crippen MR) is 169 cm³/mol. The fourth-order valence-corrected chi connectivity index (χ4v) is 3.91. The maximum Gasteiger partial charge on any atom is 0.417 e. The monoisotopic (exact) mass is 586 g/mol. The number of phenolic OH excluding ortho intramolecular Hbond substituents is 2. The van der Waals surface area contributed by atoms with Crippen LogP contribution in [0.25, 0.3) is 0 Å². The number of aromatic hydroxyl groups is 2. The lowest BCUT2D eigenvalue weighted by Gasteiger charge is -2.08. The number of hydrogen-bond acceptors (Lipinski definition) is 8. The van der Waals surface area contributed by atoms with E-state index >= 15 is 0 Å². The van der Waals surface area contributed by atoms with Crippen LogP contribution in [0.2, 0.25) is 0 Å². The number of para-hydroxylation sites is 4. The molecule has 0 atom stereocenters. The highest BCUT2D eigenvalue weighted by Crippen LogP contribution is 2.29. The molecule has 0 aliphatic heterocycles. The summed E-state index contributed by atoms with van der Waals surface area (Å²) in [5, 5.41) is 26.0. The van der Waals surface area contributed by atoms with Crippen molar-refractivity contribution < 1.29 is 29.3 Å². The van der Waals surface area contributed by atoms with Crippen molar-refractivity contribution in [2.24, 2.45) is 9.98 Å². The first-order valence-corrected chi connectivity index (χ1v) is 13.3. The highest BCUT2D eigenvalue weighted by atomic mass is 16.6. The van der Waals surface area contributed by atoms with Gasteiger partial charge in [0, 0.05) is 34.9 Å². The number of nitrogens with zero attached hydrogens (tertiary/aromatic N) is 2. The number of nitrogens with one attached hydrogen (secondary N) is 2. The molecule has 0 radical (unpaired) electrons. The lowest BCUT2D eigenvalue weighted by atomic mass is 10.2. The number of hydrogen-bond donors (Lipinski definition) is 4. The van der Waals surface area contributed by atoms with E-state index in [4.69, 9.17) is 9.47 Å². The van der Waals surface area contributed by atoms with Gasteiger partial charge in [0.25, 0.3) is 0 Å². The molecule has 2 amide bonds. The van der Waals surface area contributed by atoms with Crippen molar-refractivity contribution in [3.8, 4) is 23.0 Å². The number of anilines is 2. The van der Waals surface area contributed by atoms with Gasteiger partial charge in [0.2, 0.25) is 0 Å². The third kappa shape index (κ3) is 8.08. The third-order valence-electron chi connectivity index (χ3n) is 6.02. The molecule has 0 heterocycles. The number of carbonyl (C=O) groups is 2. The second-order valence-electron chi connectivity index (χ2n) is 9.21. The number of benzene rings is 5. The molecule has 0 unspecified atom stereocenters. The molecule has 218 valence electrons. The molecule has 10 heteroatoms. The minimum atomic E-state index is -0.680. The number of aliphatic imine (C=N–C) groups is 2. The second kappa shape index (κ2) is 14.0. The summed E-state index contributed by atoms with van der Waals surface area (Å²) in [6.07, 6.45) is 1.52. The van der Waals surface area contributed by atoms with Crippen LogP contribution in [-0.4, -0.2) is 34.8 Å². The minimum Gasteiger partial charge on any atom is -0.507 e. The summed E-state index contributed by atoms with van der Waals surface area (Å²) in [4.78, 5) is 33.5. The minimum absolute atomic E-state index is 0.0447. The Bertz CT molecular complexity index is 1690. The van der Waals surface area contributed by atoms with Gasteiger partial charge in [0.15, 0.2) is 0 Å². The maximum atomic E-state index is 12.3. The molecule has 0 saturated carbocycles. The number of ether oxygens (including phenoxy) is 2. The molecule has 0 bridgehead atoms. The molecule has 0 fully saturated rings. The summed E-state index contributed by atoms with van der Waals surface area (Å²) < 4.78 is 10.5. The van der Waals surface area contributed by atoms with Gasteiger partial charge in [-0.1, -0.05) is 48.5 Å². The topological polar surface area (TPSA) is 142 Å². The van der Waals surface area contributed by atoms with Crippen molar-refractivity contribution in [2.45, 2.75) is 0 Å². The van der Waals surface area contributed by atoms with Gasteiger partial charge in [-0.2, -0.15) is 0 Å². The Hall–Kier alpha value is -6.42. The molecule has 0 saturated heterocycles. The second-order valence-corrected chi connectivity index (χ2v) is 9.21. The summed E-state index contributed by atoms with van der Waals surface area (Å²) in [7, 11) is 0. The highest BCUT2D eigenvalue weighted by molar-refractivity contribution is 5.93. The zero-order chi connectivity index (χ0) is 30.7. The average molecular weight is 587 g/mol. The molecular formula is C34H26N4O6. The zero-order valence-corrected chi connectivity index (χ0v) is 23.1. The van der Waals surface area contributed by atoms with Gasteiger partial charge in [0.05, 0.1) is 11.4 Å². The molecule has 10 nitrogen and oxygen atoms in total. The molecule has 0 aliphatic rings. The average Bonchev–Trinajstić information content (AvgIpc) is 3.03.